The lowest BCUT2D eigenvalue weighted by atomic mass is 10.0. The van der Waals surface area contributed by atoms with Crippen molar-refractivity contribution in [2.24, 2.45) is 5.92 Å². The predicted octanol–water partition coefficient (Wildman–Crippen LogP) is 1.79. The second-order valence-electron chi connectivity index (χ2n) is 5.39. The molecule has 1 aromatic heterocycles. The summed E-state index contributed by atoms with van der Waals surface area (Å²) in [5.41, 5.74) is 0.0932. The Morgan fingerprint density at radius 3 is 2.67 bits per heavy atom. The average molecular weight is 355 g/mol. The van der Waals surface area contributed by atoms with E-state index < -0.39 is 27.9 Å². The van der Waals surface area contributed by atoms with E-state index >= 15 is 0 Å². The maximum atomic E-state index is 13.7. The SMILES string of the molecule is CC[C@H](C)[C@H](NS(=O)(=O)c1cnn(-c2ccccc2F)c1)C(=O)O. The van der Waals surface area contributed by atoms with E-state index in [2.05, 4.69) is 9.82 Å². The first-order valence-corrected chi connectivity index (χ1v) is 8.79. The summed E-state index contributed by atoms with van der Waals surface area (Å²) in [6.45, 7) is 3.41. The number of rotatable bonds is 7. The van der Waals surface area contributed by atoms with Crippen LogP contribution in [0.4, 0.5) is 4.39 Å². The Kier molecular flexibility index (Phi) is 5.35. The lowest BCUT2D eigenvalue weighted by molar-refractivity contribution is -0.140. The van der Waals surface area contributed by atoms with Crippen molar-refractivity contribution in [3.05, 3.63) is 42.5 Å². The zero-order valence-electron chi connectivity index (χ0n) is 13.2. The number of aliphatic carboxylic acids is 1. The highest BCUT2D eigenvalue weighted by atomic mass is 32.2. The molecule has 0 unspecified atom stereocenters. The molecule has 1 heterocycles. The van der Waals surface area contributed by atoms with Crippen LogP contribution in [0.1, 0.15) is 20.3 Å². The molecule has 2 N–H and O–H groups in total. The molecule has 0 radical (unpaired) electrons. The van der Waals surface area contributed by atoms with Gasteiger partial charge in [-0.2, -0.15) is 9.82 Å². The van der Waals surface area contributed by atoms with Gasteiger partial charge in [-0.05, 0) is 18.1 Å². The number of nitrogens with zero attached hydrogens (tertiary/aromatic N) is 2. The zero-order chi connectivity index (χ0) is 17.9. The van der Waals surface area contributed by atoms with E-state index in [0.717, 1.165) is 17.1 Å². The van der Waals surface area contributed by atoms with Gasteiger partial charge in [-0.15, -0.1) is 0 Å². The number of aromatic nitrogens is 2. The van der Waals surface area contributed by atoms with Crippen LogP contribution in [0.15, 0.2) is 41.6 Å². The Morgan fingerprint density at radius 1 is 1.42 bits per heavy atom. The molecule has 7 nitrogen and oxygen atoms in total. The molecular formula is C15H18FN3O4S. The molecule has 1 aromatic carbocycles. The fourth-order valence-electron chi connectivity index (χ4n) is 2.10. The molecule has 2 aromatic rings. The summed E-state index contributed by atoms with van der Waals surface area (Å²) >= 11 is 0. The van der Waals surface area contributed by atoms with E-state index in [1.807, 2.05) is 0 Å². The van der Waals surface area contributed by atoms with Crippen LogP contribution in [0.2, 0.25) is 0 Å². The zero-order valence-corrected chi connectivity index (χ0v) is 14.0. The third-order valence-corrected chi connectivity index (χ3v) is 5.13. The number of hydrogen-bond acceptors (Lipinski definition) is 4. The number of carbonyl (C=O) groups is 1. The molecule has 0 saturated carbocycles. The Balaban J connectivity index is 2.31. The van der Waals surface area contributed by atoms with E-state index in [-0.39, 0.29) is 16.5 Å². The molecule has 0 aliphatic heterocycles. The Hall–Kier alpha value is -2.26. The number of carboxylic acids is 1. The number of nitrogens with one attached hydrogen (secondary N) is 1. The summed E-state index contributed by atoms with van der Waals surface area (Å²) in [7, 11) is -4.10. The Bertz CT molecular complexity index is 835. The van der Waals surface area contributed by atoms with Crippen molar-refractivity contribution in [1.29, 1.82) is 0 Å². The molecule has 0 saturated heterocycles. The highest BCUT2D eigenvalue weighted by Gasteiger charge is 2.30. The van der Waals surface area contributed by atoms with Crippen molar-refractivity contribution in [3.63, 3.8) is 0 Å². The van der Waals surface area contributed by atoms with Crippen LogP contribution in [0.3, 0.4) is 0 Å². The minimum atomic E-state index is -4.10. The van der Waals surface area contributed by atoms with Crippen LogP contribution in [0.5, 0.6) is 0 Å². The standard InChI is InChI=1S/C15H18FN3O4S/c1-3-10(2)14(15(20)21)18-24(22,23)11-8-17-19(9-11)13-7-5-4-6-12(13)16/h4-10,14,18H,3H2,1-2H3,(H,20,21)/t10-,14-/m0/s1. The van der Waals surface area contributed by atoms with Crippen molar-refractivity contribution >= 4 is 16.0 Å². The van der Waals surface area contributed by atoms with E-state index in [0.29, 0.717) is 6.42 Å². The maximum Gasteiger partial charge on any atom is 0.322 e. The first kappa shape index (κ1) is 18.1. The molecule has 2 rings (SSSR count). The quantitative estimate of drug-likeness (QED) is 0.788. The number of halogens is 1. The van der Waals surface area contributed by atoms with E-state index in [1.54, 1.807) is 19.9 Å². The lowest BCUT2D eigenvalue weighted by Crippen LogP contribution is -2.44. The van der Waals surface area contributed by atoms with Crippen molar-refractivity contribution < 1.29 is 22.7 Å². The van der Waals surface area contributed by atoms with E-state index in [1.165, 1.54) is 18.2 Å². The molecule has 0 spiro atoms. The third-order valence-electron chi connectivity index (χ3n) is 3.73. The predicted molar refractivity (Wildman–Crippen MR) is 84.7 cm³/mol. The Labute approximate surface area is 139 Å². The topological polar surface area (TPSA) is 101 Å². The van der Waals surface area contributed by atoms with Gasteiger partial charge in [0.1, 0.15) is 22.4 Å². The summed E-state index contributed by atoms with van der Waals surface area (Å²) < 4.78 is 41.7. The van der Waals surface area contributed by atoms with Gasteiger partial charge in [0, 0.05) is 0 Å². The highest BCUT2D eigenvalue weighted by molar-refractivity contribution is 7.89. The van der Waals surface area contributed by atoms with Gasteiger partial charge in [0.2, 0.25) is 10.0 Å². The molecule has 9 heteroatoms. The summed E-state index contributed by atoms with van der Waals surface area (Å²) in [6.07, 6.45) is 2.68. The van der Waals surface area contributed by atoms with Gasteiger partial charge < -0.3 is 5.11 Å². The maximum absolute atomic E-state index is 13.7. The minimum Gasteiger partial charge on any atom is -0.480 e. The summed E-state index contributed by atoms with van der Waals surface area (Å²) in [4.78, 5) is 11.0. The van der Waals surface area contributed by atoms with Gasteiger partial charge in [0.05, 0.1) is 12.4 Å². The minimum absolute atomic E-state index is 0.0932. The van der Waals surface area contributed by atoms with Gasteiger partial charge in [-0.1, -0.05) is 32.4 Å². The average Bonchev–Trinajstić information content (AvgIpc) is 3.03. The normalized spacial score (nSPS) is 14.3. The molecule has 0 bridgehead atoms. The van der Waals surface area contributed by atoms with Crippen molar-refractivity contribution in [3.8, 4) is 5.69 Å². The molecule has 0 amide bonds. The smallest absolute Gasteiger partial charge is 0.322 e. The van der Waals surface area contributed by atoms with Gasteiger partial charge in [0.25, 0.3) is 0 Å². The molecule has 2 atom stereocenters. The lowest BCUT2D eigenvalue weighted by Gasteiger charge is -2.19. The summed E-state index contributed by atoms with van der Waals surface area (Å²) in [5, 5.41) is 13.0. The number of para-hydroxylation sites is 1. The fraction of sp³-hybridized carbons (Fsp3) is 0.333. The fourth-order valence-corrected chi connectivity index (χ4v) is 3.32. The first-order valence-electron chi connectivity index (χ1n) is 7.31. The monoisotopic (exact) mass is 355 g/mol. The van der Waals surface area contributed by atoms with Crippen LogP contribution >= 0.6 is 0 Å². The van der Waals surface area contributed by atoms with Crippen LogP contribution in [0.25, 0.3) is 5.69 Å². The number of sulfonamides is 1. The molecule has 130 valence electrons. The summed E-state index contributed by atoms with van der Waals surface area (Å²) in [5.74, 6) is -2.20. The van der Waals surface area contributed by atoms with Gasteiger partial charge in [-0.25, -0.2) is 17.5 Å². The summed E-state index contributed by atoms with van der Waals surface area (Å²) in [6, 6.07) is 4.52. The van der Waals surface area contributed by atoms with E-state index in [4.69, 9.17) is 0 Å². The molecule has 0 fully saturated rings. The number of benzene rings is 1. The van der Waals surface area contributed by atoms with Crippen LogP contribution < -0.4 is 4.72 Å². The number of carboxylic acid groups (broad SMARTS) is 1. The first-order chi connectivity index (χ1) is 11.3. The van der Waals surface area contributed by atoms with Crippen molar-refractivity contribution in [2.45, 2.75) is 31.2 Å². The van der Waals surface area contributed by atoms with Crippen LogP contribution in [-0.4, -0.2) is 35.3 Å². The van der Waals surface area contributed by atoms with Crippen molar-refractivity contribution in [2.75, 3.05) is 0 Å². The van der Waals surface area contributed by atoms with Gasteiger partial charge >= 0.3 is 5.97 Å². The Morgan fingerprint density at radius 2 is 2.08 bits per heavy atom. The largest absolute Gasteiger partial charge is 0.480 e. The van der Waals surface area contributed by atoms with Crippen molar-refractivity contribution in [1.82, 2.24) is 14.5 Å². The van der Waals surface area contributed by atoms with Crippen LogP contribution in [-0.2, 0) is 14.8 Å². The third kappa shape index (κ3) is 3.80. The second kappa shape index (κ2) is 7.10. The highest BCUT2D eigenvalue weighted by Crippen LogP contribution is 2.17. The molecule has 0 aliphatic rings. The molecule has 0 aliphatic carbocycles. The van der Waals surface area contributed by atoms with E-state index in [9.17, 15) is 22.7 Å². The molecular weight excluding hydrogens is 337 g/mol. The van der Waals surface area contributed by atoms with Gasteiger partial charge in [-0.3, -0.25) is 4.79 Å². The second-order valence-corrected chi connectivity index (χ2v) is 7.11. The van der Waals surface area contributed by atoms with Crippen LogP contribution in [0, 0.1) is 11.7 Å². The van der Waals surface area contributed by atoms with Gasteiger partial charge in [0.15, 0.2) is 0 Å². The molecule has 24 heavy (non-hydrogen) atoms. The number of hydrogen-bond donors (Lipinski definition) is 2.